The topological polar surface area (TPSA) is 80.2 Å². The quantitative estimate of drug-likeness (QED) is 0.732. The van der Waals surface area contributed by atoms with Crippen molar-refractivity contribution in [3.8, 4) is 5.75 Å². The molecule has 6 nitrogen and oxygen atoms in total. The highest BCUT2D eigenvalue weighted by atomic mass is 16.5. The van der Waals surface area contributed by atoms with Crippen LogP contribution in [0.4, 0.5) is 0 Å². The molecule has 0 atom stereocenters. The van der Waals surface area contributed by atoms with Crippen LogP contribution in [0.15, 0.2) is 41.5 Å². The monoisotopic (exact) mass is 299 g/mol. The van der Waals surface area contributed by atoms with E-state index in [1.807, 2.05) is 31.3 Å². The molecule has 1 aromatic carbocycles. The number of fused-ring (bicyclic) bond motifs is 1. The molecule has 3 aromatic rings. The van der Waals surface area contributed by atoms with Crippen molar-refractivity contribution in [2.75, 3.05) is 6.61 Å². The van der Waals surface area contributed by atoms with Crippen molar-refractivity contribution in [3.63, 3.8) is 0 Å². The van der Waals surface area contributed by atoms with E-state index >= 15 is 0 Å². The third-order valence-electron chi connectivity index (χ3n) is 3.35. The minimum Gasteiger partial charge on any atom is -0.493 e. The third kappa shape index (κ3) is 2.95. The summed E-state index contributed by atoms with van der Waals surface area (Å²) in [5, 5.41) is 3.78. The molecular weight excluding hydrogens is 282 g/mol. The summed E-state index contributed by atoms with van der Waals surface area (Å²) in [6.07, 6.45) is 4.99. The summed E-state index contributed by atoms with van der Waals surface area (Å²) in [5.41, 5.74) is 2.57. The lowest BCUT2D eigenvalue weighted by atomic mass is 10.1. The normalized spacial score (nSPS) is 10.8. The zero-order valence-corrected chi connectivity index (χ0v) is 12.3. The van der Waals surface area contributed by atoms with Crippen molar-refractivity contribution in [2.24, 2.45) is 0 Å². The van der Waals surface area contributed by atoms with Gasteiger partial charge in [-0.3, -0.25) is 4.79 Å². The first-order valence-electron chi connectivity index (χ1n) is 7.13. The molecule has 0 saturated heterocycles. The van der Waals surface area contributed by atoms with Gasteiger partial charge in [0.1, 0.15) is 12.0 Å². The fourth-order valence-electron chi connectivity index (χ4n) is 2.38. The Bertz CT molecular complexity index is 762. The van der Waals surface area contributed by atoms with Crippen molar-refractivity contribution in [3.05, 3.63) is 48.3 Å². The maximum Gasteiger partial charge on any atom is 0.224 e. The number of rotatable bonds is 6. The van der Waals surface area contributed by atoms with Crippen molar-refractivity contribution >= 4 is 16.8 Å². The van der Waals surface area contributed by atoms with E-state index in [9.17, 15) is 4.79 Å². The lowest BCUT2D eigenvalue weighted by molar-refractivity contribution is -0.120. The molecule has 0 radical (unpaired) electrons. The van der Waals surface area contributed by atoms with E-state index in [2.05, 4.69) is 15.3 Å². The van der Waals surface area contributed by atoms with Crippen LogP contribution >= 0.6 is 0 Å². The Morgan fingerprint density at radius 1 is 1.45 bits per heavy atom. The maximum atomic E-state index is 12.1. The molecule has 2 N–H and O–H groups in total. The summed E-state index contributed by atoms with van der Waals surface area (Å²) in [4.78, 5) is 19.2. The Labute approximate surface area is 127 Å². The fourth-order valence-corrected chi connectivity index (χ4v) is 2.38. The Kier molecular flexibility index (Phi) is 4.09. The molecule has 1 amide bonds. The number of hydrogen-bond acceptors (Lipinski definition) is 4. The van der Waals surface area contributed by atoms with Crippen LogP contribution in [0.25, 0.3) is 10.9 Å². The summed E-state index contributed by atoms with van der Waals surface area (Å²) in [5.74, 6) is 0.718. The minimum absolute atomic E-state index is 0.0739. The van der Waals surface area contributed by atoms with Crippen LogP contribution in [0.1, 0.15) is 18.2 Å². The lowest BCUT2D eigenvalue weighted by Gasteiger charge is -2.07. The highest BCUT2D eigenvalue weighted by Crippen LogP contribution is 2.29. The van der Waals surface area contributed by atoms with Gasteiger partial charge in [-0.2, -0.15) is 0 Å². The van der Waals surface area contributed by atoms with Gasteiger partial charge in [0.25, 0.3) is 0 Å². The number of H-pyrrole nitrogens is 1. The summed E-state index contributed by atoms with van der Waals surface area (Å²) in [6.45, 7) is 2.88. The Morgan fingerprint density at radius 2 is 2.36 bits per heavy atom. The first-order valence-corrected chi connectivity index (χ1v) is 7.13. The third-order valence-corrected chi connectivity index (χ3v) is 3.35. The van der Waals surface area contributed by atoms with E-state index in [1.54, 1.807) is 0 Å². The zero-order chi connectivity index (χ0) is 15.4. The highest BCUT2D eigenvalue weighted by molar-refractivity contribution is 5.93. The number of oxazole rings is 1. The number of nitrogens with one attached hydrogen (secondary N) is 2. The second-order valence-electron chi connectivity index (χ2n) is 4.86. The Morgan fingerprint density at radius 3 is 3.14 bits per heavy atom. The zero-order valence-electron chi connectivity index (χ0n) is 12.3. The Balaban J connectivity index is 1.74. The molecule has 0 unspecified atom stereocenters. The van der Waals surface area contributed by atoms with Crippen molar-refractivity contribution in [1.82, 2.24) is 15.3 Å². The van der Waals surface area contributed by atoms with Gasteiger partial charge in [-0.15, -0.1) is 0 Å². The molecule has 6 heteroatoms. The number of aromatic amines is 1. The molecule has 0 saturated carbocycles. The molecule has 0 fully saturated rings. The first kappa shape index (κ1) is 14.2. The Hall–Kier alpha value is -2.76. The molecule has 0 aliphatic heterocycles. The number of hydrogen-bond donors (Lipinski definition) is 2. The summed E-state index contributed by atoms with van der Waals surface area (Å²) < 4.78 is 10.5. The molecule has 22 heavy (non-hydrogen) atoms. The van der Waals surface area contributed by atoms with Crippen LogP contribution in [0.3, 0.4) is 0 Å². The summed E-state index contributed by atoms with van der Waals surface area (Å²) in [7, 11) is 0. The molecule has 0 bridgehead atoms. The van der Waals surface area contributed by atoms with Crippen molar-refractivity contribution in [2.45, 2.75) is 19.9 Å². The summed E-state index contributed by atoms with van der Waals surface area (Å²) in [6, 6.07) is 5.81. The van der Waals surface area contributed by atoms with Gasteiger partial charge in [0.2, 0.25) is 5.91 Å². The predicted octanol–water partition coefficient (Wildman–Crippen LogP) is 2.41. The molecule has 2 heterocycles. The van der Waals surface area contributed by atoms with Crippen LogP contribution in [-0.2, 0) is 17.8 Å². The van der Waals surface area contributed by atoms with Gasteiger partial charge in [-0.25, -0.2) is 4.98 Å². The lowest BCUT2D eigenvalue weighted by Crippen LogP contribution is -2.24. The van der Waals surface area contributed by atoms with Gasteiger partial charge in [0.05, 0.1) is 25.3 Å². The number of ether oxygens (including phenoxy) is 1. The molecule has 114 valence electrons. The van der Waals surface area contributed by atoms with E-state index in [-0.39, 0.29) is 12.3 Å². The van der Waals surface area contributed by atoms with E-state index < -0.39 is 0 Å². The van der Waals surface area contributed by atoms with Crippen LogP contribution < -0.4 is 10.1 Å². The maximum absolute atomic E-state index is 12.1. The van der Waals surface area contributed by atoms with Crippen LogP contribution in [0.2, 0.25) is 0 Å². The van der Waals surface area contributed by atoms with Crippen LogP contribution in [0.5, 0.6) is 5.75 Å². The van der Waals surface area contributed by atoms with Gasteiger partial charge >= 0.3 is 0 Å². The molecule has 0 aliphatic rings. The van der Waals surface area contributed by atoms with Crippen molar-refractivity contribution < 1.29 is 13.9 Å². The van der Waals surface area contributed by atoms with Gasteiger partial charge in [0.15, 0.2) is 6.39 Å². The van der Waals surface area contributed by atoms with Gasteiger partial charge in [-0.05, 0) is 24.6 Å². The van der Waals surface area contributed by atoms with E-state index in [1.165, 1.54) is 12.7 Å². The second-order valence-corrected chi connectivity index (χ2v) is 4.86. The standard InChI is InChI=1S/C16H17N3O3/c1-2-22-14-5-3-4-13-16(14)11(7-17-13)6-15(20)18-8-12-9-21-10-19-12/h3-5,7,9-10,17H,2,6,8H2,1H3,(H,18,20). The van der Waals surface area contributed by atoms with E-state index in [4.69, 9.17) is 9.15 Å². The average molecular weight is 299 g/mol. The van der Waals surface area contributed by atoms with Gasteiger partial charge in [0, 0.05) is 17.1 Å². The SMILES string of the molecule is CCOc1cccc2[nH]cc(CC(=O)NCc3cocn3)c12. The molecule has 0 aliphatic carbocycles. The second kappa shape index (κ2) is 6.34. The molecule has 2 aromatic heterocycles. The van der Waals surface area contributed by atoms with Gasteiger partial charge < -0.3 is 19.5 Å². The molecule has 3 rings (SSSR count). The number of carbonyl (C=O) groups is 1. The smallest absolute Gasteiger partial charge is 0.224 e. The highest BCUT2D eigenvalue weighted by Gasteiger charge is 2.13. The molecular formula is C16H17N3O3. The summed E-state index contributed by atoms with van der Waals surface area (Å²) >= 11 is 0. The number of carbonyl (C=O) groups excluding carboxylic acids is 1. The van der Waals surface area contributed by atoms with Gasteiger partial charge in [-0.1, -0.05) is 6.07 Å². The first-order chi connectivity index (χ1) is 10.8. The molecule has 0 spiro atoms. The number of benzene rings is 1. The predicted molar refractivity (Wildman–Crippen MR) is 81.5 cm³/mol. The van der Waals surface area contributed by atoms with Crippen molar-refractivity contribution in [1.29, 1.82) is 0 Å². The number of nitrogens with zero attached hydrogens (tertiary/aromatic N) is 1. The average Bonchev–Trinajstić information content (AvgIpc) is 3.16. The van der Waals surface area contributed by atoms with E-state index in [0.717, 1.165) is 22.2 Å². The fraction of sp³-hybridized carbons (Fsp3) is 0.250. The number of amides is 1. The largest absolute Gasteiger partial charge is 0.493 e. The van der Waals surface area contributed by atoms with Crippen LogP contribution in [-0.4, -0.2) is 22.5 Å². The minimum atomic E-state index is -0.0739. The van der Waals surface area contributed by atoms with Crippen LogP contribution in [0, 0.1) is 0 Å². The number of aromatic nitrogens is 2. The van der Waals surface area contributed by atoms with E-state index in [0.29, 0.717) is 18.8 Å².